The summed E-state index contributed by atoms with van der Waals surface area (Å²) in [7, 11) is -3.94. The molecule has 2 aromatic rings. The Hall–Kier alpha value is -2.44. The van der Waals surface area contributed by atoms with Crippen LogP contribution in [0.2, 0.25) is 10.0 Å². The van der Waals surface area contributed by atoms with Crippen LogP contribution < -0.4 is 10.1 Å². The number of benzene rings is 2. The molecule has 0 aliphatic carbocycles. The lowest BCUT2D eigenvalue weighted by molar-refractivity contribution is -0.386. The van der Waals surface area contributed by atoms with Crippen molar-refractivity contribution < 1.29 is 27.6 Å². The lowest BCUT2D eigenvalue weighted by Crippen LogP contribution is -2.40. The van der Waals surface area contributed by atoms with Crippen LogP contribution in [0.5, 0.6) is 5.75 Å². The molecular weight excluding hydrogens is 485 g/mol. The van der Waals surface area contributed by atoms with E-state index in [1.807, 2.05) is 0 Å². The van der Waals surface area contributed by atoms with Crippen molar-refractivity contribution in [1.29, 1.82) is 0 Å². The fourth-order valence-electron chi connectivity index (χ4n) is 2.95. The highest BCUT2D eigenvalue weighted by Crippen LogP contribution is 2.33. The van der Waals surface area contributed by atoms with Crippen LogP contribution in [0.25, 0.3) is 0 Å². The number of hydrogen-bond donors (Lipinski definition) is 1. The smallest absolute Gasteiger partial charge is 0.312 e. The van der Waals surface area contributed by atoms with Gasteiger partial charge in [0, 0.05) is 19.2 Å². The highest BCUT2D eigenvalue weighted by molar-refractivity contribution is 7.89. The Morgan fingerprint density at radius 1 is 1.25 bits per heavy atom. The molecule has 13 heteroatoms. The fourth-order valence-corrected chi connectivity index (χ4v) is 4.84. The van der Waals surface area contributed by atoms with E-state index >= 15 is 0 Å². The molecule has 2 aromatic carbocycles. The number of ether oxygens (including phenoxy) is 2. The van der Waals surface area contributed by atoms with Gasteiger partial charge in [0.05, 0.1) is 38.8 Å². The van der Waals surface area contributed by atoms with E-state index in [0.717, 1.165) is 12.1 Å². The standard InChI is InChI=1S/C19H19Cl2N3O7S/c1-12-2-4-14(20)19(18(12)21)22-17(25)11-31-16-5-3-13(10-15(16)24(26)27)32(28,29)23-6-8-30-9-7-23/h2-5,10H,6-9,11H2,1H3,(H,22,25). The second-order valence-corrected chi connectivity index (χ2v) is 9.52. The van der Waals surface area contributed by atoms with Crippen LogP contribution in [0.3, 0.4) is 0 Å². The van der Waals surface area contributed by atoms with Crippen LogP contribution in [-0.2, 0) is 19.6 Å². The Bertz CT molecular complexity index is 1150. The average molecular weight is 504 g/mol. The predicted molar refractivity (Wildman–Crippen MR) is 118 cm³/mol. The van der Waals surface area contributed by atoms with Gasteiger partial charge in [-0.25, -0.2) is 8.42 Å². The molecule has 0 spiro atoms. The molecule has 1 amide bonds. The average Bonchev–Trinajstić information content (AvgIpc) is 2.78. The molecule has 0 radical (unpaired) electrons. The molecule has 1 aliphatic heterocycles. The van der Waals surface area contributed by atoms with E-state index in [1.165, 1.54) is 10.4 Å². The van der Waals surface area contributed by atoms with Crippen LogP contribution >= 0.6 is 23.2 Å². The quantitative estimate of drug-likeness (QED) is 0.453. The molecule has 0 atom stereocenters. The van der Waals surface area contributed by atoms with Crippen molar-refractivity contribution in [2.45, 2.75) is 11.8 Å². The maximum absolute atomic E-state index is 12.8. The van der Waals surface area contributed by atoms with Crippen LogP contribution in [0, 0.1) is 17.0 Å². The molecule has 1 saturated heterocycles. The zero-order valence-corrected chi connectivity index (χ0v) is 19.2. The van der Waals surface area contributed by atoms with Gasteiger partial charge in [-0.2, -0.15) is 4.31 Å². The Kier molecular flexibility index (Phi) is 7.57. The number of nitrogens with one attached hydrogen (secondary N) is 1. The summed E-state index contributed by atoms with van der Waals surface area (Å²) in [5.41, 5.74) is 0.308. The molecule has 1 fully saturated rings. The van der Waals surface area contributed by atoms with Crippen molar-refractivity contribution in [3.05, 3.63) is 56.1 Å². The first-order valence-electron chi connectivity index (χ1n) is 9.35. The highest BCUT2D eigenvalue weighted by Gasteiger charge is 2.29. The number of rotatable bonds is 7. The summed E-state index contributed by atoms with van der Waals surface area (Å²) in [5.74, 6) is -0.911. The monoisotopic (exact) mass is 503 g/mol. The SMILES string of the molecule is Cc1ccc(Cl)c(NC(=O)COc2ccc(S(=O)(=O)N3CCOCC3)cc2[N+](=O)[O-])c1Cl. The van der Waals surface area contributed by atoms with Crippen molar-refractivity contribution in [3.8, 4) is 5.75 Å². The van der Waals surface area contributed by atoms with Gasteiger partial charge in [-0.05, 0) is 30.7 Å². The molecule has 10 nitrogen and oxygen atoms in total. The number of morpholine rings is 1. The molecule has 0 bridgehead atoms. The number of amides is 1. The predicted octanol–water partition coefficient (Wildman–Crippen LogP) is 3.25. The largest absolute Gasteiger partial charge is 0.477 e. The Balaban J connectivity index is 1.76. The van der Waals surface area contributed by atoms with Crippen molar-refractivity contribution in [2.75, 3.05) is 38.2 Å². The van der Waals surface area contributed by atoms with Gasteiger partial charge >= 0.3 is 5.69 Å². The van der Waals surface area contributed by atoms with Crippen LogP contribution in [0.15, 0.2) is 35.2 Å². The second kappa shape index (κ2) is 10.0. The van der Waals surface area contributed by atoms with E-state index < -0.39 is 33.1 Å². The molecule has 3 rings (SSSR count). The third-order valence-electron chi connectivity index (χ3n) is 4.64. The molecule has 1 aliphatic rings. The Morgan fingerprint density at radius 3 is 2.59 bits per heavy atom. The van der Waals surface area contributed by atoms with Gasteiger partial charge in [-0.1, -0.05) is 29.3 Å². The van der Waals surface area contributed by atoms with Crippen LogP contribution in [0.1, 0.15) is 5.56 Å². The highest BCUT2D eigenvalue weighted by atomic mass is 35.5. The summed E-state index contributed by atoms with van der Waals surface area (Å²) in [5, 5.41) is 14.5. The molecule has 0 saturated carbocycles. The van der Waals surface area contributed by atoms with Gasteiger partial charge in [-0.3, -0.25) is 14.9 Å². The number of nitro groups is 1. The topological polar surface area (TPSA) is 128 Å². The first-order valence-corrected chi connectivity index (χ1v) is 11.5. The lowest BCUT2D eigenvalue weighted by Gasteiger charge is -2.26. The lowest BCUT2D eigenvalue weighted by atomic mass is 10.2. The minimum atomic E-state index is -3.94. The van der Waals surface area contributed by atoms with Crippen molar-refractivity contribution in [3.63, 3.8) is 0 Å². The molecule has 0 aromatic heterocycles. The number of carbonyl (C=O) groups excluding carboxylic acids is 1. The van der Waals surface area contributed by atoms with E-state index in [-0.39, 0.29) is 52.7 Å². The minimum absolute atomic E-state index is 0.151. The van der Waals surface area contributed by atoms with Crippen LogP contribution in [0.4, 0.5) is 11.4 Å². The molecule has 0 unspecified atom stereocenters. The first kappa shape index (κ1) is 24.2. The number of anilines is 1. The minimum Gasteiger partial charge on any atom is -0.477 e. The summed E-state index contributed by atoms with van der Waals surface area (Å²) in [6.07, 6.45) is 0. The fraction of sp³-hybridized carbons (Fsp3) is 0.316. The Morgan fingerprint density at radius 2 is 1.94 bits per heavy atom. The van der Waals surface area contributed by atoms with Crippen molar-refractivity contribution in [2.24, 2.45) is 0 Å². The van der Waals surface area contributed by atoms with Gasteiger partial charge in [0.2, 0.25) is 10.0 Å². The number of hydrogen-bond acceptors (Lipinski definition) is 7. The van der Waals surface area contributed by atoms with Gasteiger partial charge < -0.3 is 14.8 Å². The van der Waals surface area contributed by atoms with E-state index in [1.54, 1.807) is 19.1 Å². The van der Waals surface area contributed by atoms with Gasteiger partial charge in [-0.15, -0.1) is 0 Å². The van der Waals surface area contributed by atoms with Crippen molar-refractivity contribution in [1.82, 2.24) is 4.31 Å². The molecule has 1 heterocycles. The molecule has 172 valence electrons. The number of aryl methyl sites for hydroxylation is 1. The van der Waals surface area contributed by atoms with Crippen LogP contribution in [-0.4, -0.2) is 56.5 Å². The summed E-state index contributed by atoms with van der Waals surface area (Å²) in [6, 6.07) is 6.50. The maximum atomic E-state index is 12.8. The van der Waals surface area contributed by atoms with E-state index in [2.05, 4.69) is 5.32 Å². The zero-order valence-electron chi connectivity index (χ0n) is 16.8. The number of halogens is 2. The van der Waals surface area contributed by atoms with Gasteiger partial charge in [0.1, 0.15) is 0 Å². The number of nitro benzene ring substituents is 1. The zero-order chi connectivity index (χ0) is 23.5. The molecule has 32 heavy (non-hydrogen) atoms. The number of nitrogens with zero attached hydrogens (tertiary/aromatic N) is 2. The Labute approximate surface area is 194 Å². The number of sulfonamides is 1. The summed E-state index contributed by atoms with van der Waals surface area (Å²) < 4.78 is 37.1. The third-order valence-corrected chi connectivity index (χ3v) is 7.34. The molecular formula is C19H19Cl2N3O7S. The number of carbonyl (C=O) groups is 1. The third kappa shape index (κ3) is 5.30. The maximum Gasteiger partial charge on any atom is 0.312 e. The normalized spacial score (nSPS) is 14.7. The van der Waals surface area contributed by atoms with Gasteiger partial charge in [0.15, 0.2) is 12.4 Å². The second-order valence-electron chi connectivity index (χ2n) is 6.79. The summed E-state index contributed by atoms with van der Waals surface area (Å²) in [6.45, 7) is 1.94. The van der Waals surface area contributed by atoms with E-state index in [0.29, 0.717) is 5.56 Å². The first-order chi connectivity index (χ1) is 15.1. The van der Waals surface area contributed by atoms with E-state index in [4.69, 9.17) is 32.7 Å². The summed E-state index contributed by atoms with van der Waals surface area (Å²) >= 11 is 12.2. The molecule has 1 N–H and O–H groups in total. The summed E-state index contributed by atoms with van der Waals surface area (Å²) in [4.78, 5) is 22.8. The van der Waals surface area contributed by atoms with Gasteiger partial charge in [0.25, 0.3) is 5.91 Å². The van der Waals surface area contributed by atoms with Crippen molar-refractivity contribution >= 4 is 50.5 Å². The van der Waals surface area contributed by atoms with E-state index in [9.17, 15) is 23.3 Å².